The third kappa shape index (κ3) is 6.53. The number of benzene rings is 1. The zero-order valence-corrected chi connectivity index (χ0v) is 14.2. The van der Waals surface area contributed by atoms with E-state index in [4.69, 9.17) is 0 Å². The summed E-state index contributed by atoms with van der Waals surface area (Å²) in [6, 6.07) is 8.78. The van der Waals surface area contributed by atoms with Crippen molar-refractivity contribution in [1.29, 1.82) is 0 Å². The van der Waals surface area contributed by atoms with Gasteiger partial charge in [0.05, 0.1) is 0 Å². The van der Waals surface area contributed by atoms with Crippen molar-refractivity contribution in [2.45, 2.75) is 59.7 Å². The highest BCUT2D eigenvalue weighted by atomic mass is 15.1. The van der Waals surface area contributed by atoms with Crippen molar-refractivity contribution in [2.75, 3.05) is 13.6 Å². The summed E-state index contributed by atoms with van der Waals surface area (Å²) in [5.74, 6) is 0.764. The highest BCUT2D eigenvalue weighted by molar-refractivity contribution is 5.27. The Labute approximate surface area is 125 Å². The molecule has 0 fully saturated rings. The third-order valence-corrected chi connectivity index (χ3v) is 3.69. The third-order valence-electron chi connectivity index (χ3n) is 3.69. The summed E-state index contributed by atoms with van der Waals surface area (Å²) in [7, 11) is 2.22. The summed E-state index contributed by atoms with van der Waals surface area (Å²) < 4.78 is 0. The van der Waals surface area contributed by atoms with Gasteiger partial charge in [-0.1, -0.05) is 44.5 Å². The number of nitrogens with one attached hydrogen (secondary N) is 1. The summed E-state index contributed by atoms with van der Waals surface area (Å²) in [4.78, 5) is 2.43. The molecule has 0 saturated carbocycles. The molecule has 114 valence electrons. The second kappa shape index (κ2) is 7.80. The smallest absolute Gasteiger partial charge is 0.0234 e. The van der Waals surface area contributed by atoms with E-state index in [2.05, 4.69) is 76.1 Å². The average Bonchev–Trinajstić information content (AvgIpc) is 2.36. The van der Waals surface area contributed by atoms with E-state index in [1.165, 1.54) is 17.5 Å². The van der Waals surface area contributed by atoms with Crippen LogP contribution in [0.3, 0.4) is 0 Å². The van der Waals surface area contributed by atoms with Gasteiger partial charge in [-0.2, -0.15) is 0 Å². The fourth-order valence-corrected chi connectivity index (χ4v) is 2.26. The first-order valence-corrected chi connectivity index (χ1v) is 7.82. The van der Waals surface area contributed by atoms with Crippen LogP contribution in [0.25, 0.3) is 0 Å². The molecule has 1 aromatic rings. The standard InChI is InChI=1S/C18H32N2/c1-7-15(2)13-20(6)14-17-11-9-8-10-16(17)12-19-18(3,4)5/h8-11,15,19H,7,12-14H2,1-6H3. The molecule has 1 aromatic carbocycles. The molecule has 0 heterocycles. The van der Waals surface area contributed by atoms with E-state index >= 15 is 0 Å². The molecule has 0 saturated heterocycles. The maximum atomic E-state index is 3.59. The maximum absolute atomic E-state index is 3.59. The van der Waals surface area contributed by atoms with E-state index in [1.807, 2.05) is 0 Å². The summed E-state index contributed by atoms with van der Waals surface area (Å²) in [6.07, 6.45) is 1.25. The Kier molecular flexibility index (Phi) is 6.70. The van der Waals surface area contributed by atoms with Crippen LogP contribution in [-0.4, -0.2) is 24.0 Å². The quantitative estimate of drug-likeness (QED) is 0.808. The van der Waals surface area contributed by atoms with E-state index in [1.54, 1.807) is 0 Å². The van der Waals surface area contributed by atoms with E-state index in [0.717, 1.165) is 25.6 Å². The van der Waals surface area contributed by atoms with Crippen molar-refractivity contribution >= 4 is 0 Å². The van der Waals surface area contributed by atoms with Crippen LogP contribution >= 0.6 is 0 Å². The van der Waals surface area contributed by atoms with E-state index < -0.39 is 0 Å². The van der Waals surface area contributed by atoms with Crippen LogP contribution in [0.5, 0.6) is 0 Å². The lowest BCUT2D eigenvalue weighted by molar-refractivity contribution is 0.274. The first-order valence-electron chi connectivity index (χ1n) is 7.82. The normalized spacial score (nSPS) is 13.8. The largest absolute Gasteiger partial charge is 0.308 e. The molecule has 1 rings (SSSR count). The van der Waals surface area contributed by atoms with Crippen LogP contribution in [0, 0.1) is 5.92 Å². The Hall–Kier alpha value is -0.860. The fourth-order valence-electron chi connectivity index (χ4n) is 2.26. The second-order valence-electron chi connectivity index (χ2n) is 7.08. The minimum atomic E-state index is 0.162. The molecule has 20 heavy (non-hydrogen) atoms. The summed E-state index contributed by atoms with van der Waals surface area (Å²) in [5.41, 5.74) is 3.02. The zero-order chi connectivity index (χ0) is 15.2. The van der Waals surface area contributed by atoms with Crippen molar-refractivity contribution in [2.24, 2.45) is 5.92 Å². The predicted octanol–water partition coefficient (Wildman–Crippen LogP) is 4.05. The molecule has 0 aliphatic heterocycles. The Bertz CT molecular complexity index is 393. The van der Waals surface area contributed by atoms with Gasteiger partial charge < -0.3 is 10.2 Å². The first-order chi connectivity index (χ1) is 9.31. The van der Waals surface area contributed by atoms with Gasteiger partial charge in [0.25, 0.3) is 0 Å². The van der Waals surface area contributed by atoms with Crippen molar-refractivity contribution in [1.82, 2.24) is 10.2 Å². The molecular weight excluding hydrogens is 244 g/mol. The Balaban J connectivity index is 2.65. The van der Waals surface area contributed by atoms with Crippen molar-refractivity contribution in [3.8, 4) is 0 Å². The molecule has 0 spiro atoms. The van der Waals surface area contributed by atoms with Crippen LogP contribution in [0.2, 0.25) is 0 Å². The Morgan fingerprint density at radius 2 is 1.75 bits per heavy atom. The summed E-state index contributed by atoms with van der Waals surface area (Å²) in [5, 5.41) is 3.59. The number of hydrogen-bond donors (Lipinski definition) is 1. The van der Waals surface area contributed by atoms with E-state index in [9.17, 15) is 0 Å². The van der Waals surface area contributed by atoms with Crippen molar-refractivity contribution in [3.63, 3.8) is 0 Å². The molecule has 1 N–H and O–H groups in total. The van der Waals surface area contributed by atoms with E-state index in [-0.39, 0.29) is 5.54 Å². The highest BCUT2D eigenvalue weighted by Crippen LogP contribution is 2.14. The second-order valence-corrected chi connectivity index (χ2v) is 7.08. The SMILES string of the molecule is CCC(C)CN(C)Cc1ccccc1CNC(C)(C)C. The molecule has 2 nitrogen and oxygen atoms in total. The van der Waals surface area contributed by atoms with Crippen LogP contribution < -0.4 is 5.32 Å². The number of rotatable bonds is 7. The van der Waals surface area contributed by atoms with Crippen LogP contribution in [0.4, 0.5) is 0 Å². The molecule has 0 aliphatic carbocycles. The summed E-state index contributed by atoms with van der Waals surface area (Å²) in [6.45, 7) is 14.4. The topological polar surface area (TPSA) is 15.3 Å². The lowest BCUT2D eigenvalue weighted by Gasteiger charge is -2.24. The van der Waals surface area contributed by atoms with Crippen molar-refractivity contribution < 1.29 is 0 Å². The van der Waals surface area contributed by atoms with Crippen LogP contribution in [0.15, 0.2) is 24.3 Å². The first kappa shape index (κ1) is 17.2. The van der Waals surface area contributed by atoms with Gasteiger partial charge in [0.1, 0.15) is 0 Å². The number of hydrogen-bond acceptors (Lipinski definition) is 2. The predicted molar refractivity (Wildman–Crippen MR) is 88.8 cm³/mol. The minimum absolute atomic E-state index is 0.162. The Morgan fingerprint density at radius 1 is 1.15 bits per heavy atom. The van der Waals surface area contributed by atoms with Gasteiger partial charge in [-0.25, -0.2) is 0 Å². The van der Waals surface area contributed by atoms with Gasteiger partial charge in [0.2, 0.25) is 0 Å². The minimum Gasteiger partial charge on any atom is -0.308 e. The van der Waals surface area contributed by atoms with Crippen LogP contribution in [-0.2, 0) is 13.1 Å². The van der Waals surface area contributed by atoms with Gasteiger partial charge in [0, 0.05) is 25.2 Å². The summed E-state index contributed by atoms with van der Waals surface area (Å²) >= 11 is 0. The van der Waals surface area contributed by atoms with Gasteiger partial charge >= 0.3 is 0 Å². The van der Waals surface area contributed by atoms with Crippen molar-refractivity contribution in [3.05, 3.63) is 35.4 Å². The van der Waals surface area contributed by atoms with Gasteiger partial charge in [0.15, 0.2) is 0 Å². The van der Waals surface area contributed by atoms with Gasteiger partial charge in [-0.3, -0.25) is 0 Å². The molecule has 0 radical (unpaired) electrons. The fraction of sp³-hybridized carbons (Fsp3) is 0.667. The Morgan fingerprint density at radius 3 is 2.30 bits per heavy atom. The molecule has 0 bridgehead atoms. The van der Waals surface area contributed by atoms with Gasteiger partial charge in [-0.05, 0) is 44.9 Å². The molecule has 1 unspecified atom stereocenters. The van der Waals surface area contributed by atoms with E-state index in [0.29, 0.717) is 0 Å². The molecule has 0 amide bonds. The lowest BCUT2D eigenvalue weighted by atomic mass is 10.0. The molecule has 0 aromatic heterocycles. The maximum Gasteiger partial charge on any atom is 0.0234 e. The molecule has 1 atom stereocenters. The number of nitrogens with zero attached hydrogens (tertiary/aromatic N) is 1. The average molecular weight is 276 g/mol. The van der Waals surface area contributed by atoms with Gasteiger partial charge in [-0.15, -0.1) is 0 Å². The molecule has 2 heteroatoms. The zero-order valence-electron chi connectivity index (χ0n) is 14.2. The lowest BCUT2D eigenvalue weighted by Crippen LogP contribution is -2.35. The molecule has 0 aliphatic rings. The van der Waals surface area contributed by atoms with Crippen LogP contribution in [0.1, 0.15) is 52.2 Å². The molecular formula is C18H32N2. The monoisotopic (exact) mass is 276 g/mol. The highest BCUT2D eigenvalue weighted by Gasteiger charge is 2.11.